The van der Waals surface area contributed by atoms with Crippen LogP contribution in [0.15, 0.2) is 42.9 Å². The van der Waals surface area contributed by atoms with Crippen molar-refractivity contribution >= 4 is 40.0 Å². The topological polar surface area (TPSA) is 118 Å². The van der Waals surface area contributed by atoms with E-state index >= 15 is 0 Å². The lowest BCUT2D eigenvalue weighted by Crippen LogP contribution is -2.59. The van der Waals surface area contributed by atoms with E-state index < -0.39 is 17.9 Å². The van der Waals surface area contributed by atoms with E-state index in [1.165, 1.54) is 6.20 Å². The first-order valence-corrected chi connectivity index (χ1v) is 13.5. The van der Waals surface area contributed by atoms with E-state index in [-0.39, 0.29) is 24.4 Å². The number of hydrogen-bond donors (Lipinski definition) is 2. The number of fused-ring (bicyclic) bond motifs is 1. The Morgan fingerprint density at radius 2 is 1.79 bits per heavy atom. The van der Waals surface area contributed by atoms with Crippen molar-refractivity contribution in [1.29, 1.82) is 0 Å². The van der Waals surface area contributed by atoms with Gasteiger partial charge in [-0.05, 0) is 31.7 Å². The maximum absolute atomic E-state index is 13.7. The quantitative estimate of drug-likeness (QED) is 0.494. The molecule has 5 rings (SSSR count). The number of benzene rings is 1. The summed E-state index contributed by atoms with van der Waals surface area (Å²) in [6, 6.07) is 7.45. The van der Waals surface area contributed by atoms with Crippen molar-refractivity contribution in [2.24, 2.45) is 5.92 Å². The van der Waals surface area contributed by atoms with Crippen molar-refractivity contribution in [3.05, 3.63) is 48.4 Å². The van der Waals surface area contributed by atoms with Gasteiger partial charge in [0.05, 0.1) is 29.6 Å². The summed E-state index contributed by atoms with van der Waals surface area (Å²) in [5.41, 5.74) is 2.97. The fourth-order valence-electron chi connectivity index (χ4n) is 5.38. The van der Waals surface area contributed by atoms with Gasteiger partial charge in [-0.15, -0.1) is 0 Å². The monoisotopic (exact) mass is 532 g/mol. The number of carbonyl (C=O) groups is 3. The molecule has 0 aliphatic carbocycles. The van der Waals surface area contributed by atoms with E-state index in [0.717, 1.165) is 42.8 Å². The molecule has 3 aromatic rings. The molecule has 2 N–H and O–H groups in total. The number of amides is 3. The minimum Gasteiger partial charge on any atom is -0.369 e. The number of H-pyrrole nitrogens is 1. The third-order valence-electron chi connectivity index (χ3n) is 7.70. The first-order valence-electron chi connectivity index (χ1n) is 13.5. The Bertz CT molecular complexity index is 1360. The van der Waals surface area contributed by atoms with Gasteiger partial charge in [0.15, 0.2) is 0 Å². The van der Waals surface area contributed by atoms with Gasteiger partial charge in [0.2, 0.25) is 5.91 Å². The van der Waals surface area contributed by atoms with Gasteiger partial charge in [-0.2, -0.15) is 5.10 Å². The standard InChI is InChI=1S/C28H36N8O3/c1-18(2)27(38)35-17-24(20-6-5-7-22(12-20)34-10-8-33(4)9-11-34)36(16-19(35)3)28(39)26(37)31-23-15-29-13-21-14-30-32-25(21)23/h5-7,12-15,18-19,24H,8-11,16-17H2,1-4H3,(H,30,32)(H,31,37)/t19-,24-/m1/s1. The summed E-state index contributed by atoms with van der Waals surface area (Å²) in [5.74, 6) is -1.53. The number of carbonyl (C=O) groups excluding carboxylic acids is 3. The summed E-state index contributed by atoms with van der Waals surface area (Å²) in [5, 5.41) is 10.3. The Hall–Kier alpha value is -3.99. The largest absolute Gasteiger partial charge is 0.369 e. The highest BCUT2D eigenvalue weighted by Gasteiger charge is 2.40. The second-order valence-electron chi connectivity index (χ2n) is 10.8. The number of nitrogens with zero attached hydrogens (tertiary/aromatic N) is 6. The maximum atomic E-state index is 13.7. The predicted molar refractivity (Wildman–Crippen MR) is 149 cm³/mol. The van der Waals surface area contributed by atoms with Crippen LogP contribution in [0.25, 0.3) is 10.9 Å². The average molecular weight is 533 g/mol. The number of pyridine rings is 1. The van der Waals surface area contributed by atoms with Crippen molar-refractivity contribution in [2.75, 3.05) is 56.5 Å². The van der Waals surface area contributed by atoms with E-state index in [0.29, 0.717) is 17.7 Å². The molecule has 2 aromatic heterocycles. The van der Waals surface area contributed by atoms with Crippen molar-refractivity contribution in [2.45, 2.75) is 32.9 Å². The zero-order valence-corrected chi connectivity index (χ0v) is 22.9. The lowest BCUT2D eigenvalue weighted by Gasteiger charge is -2.46. The number of likely N-dealkylation sites (N-methyl/N-ethyl adjacent to an activating group) is 1. The summed E-state index contributed by atoms with van der Waals surface area (Å²) in [6.07, 6.45) is 4.73. The Labute approximate surface area is 228 Å². The molecule has 0 unspecified atom stereocenters. The van der Waals surface area contributed by atoms with Crippen LogP contribution in [0.3, 0.4) is 0 Å². The fraction of sp³-hybridized carbons (Fsp3) is 0.464. The first kappa shape index (κ1) is 26.6. The first-order chi connectivity index (χ1) is 18.7. The van der Waals surface area contributed by atoms with Gasteiger partial charge in [0.1, 0.15) is 0 Å². The fourth-order valence-corrected chi connectivity index (χ4v) is 5.38. The normalized spacial score (nSPS) is 20.5. The van der Waals surface area contributed by atoms with E-state index in [1.807, 2.05) is 37.8 Å². The third kappa shape index (κ3) is 5.44. The lowest BCUT2D eigenvalue weighted by molar-refractivity contribution is -0.152. The molecule has 11 heteroatoms. The number of piperazine rings is 2. The molecule has 39 heavy (non-hydrogen) atoms. The Kier molecular flexibility index (Phi) is 7.51. The highest BCUT2D eigenvalue weighted by molar-refractivity contribution is 6.40. The second-order valence-corrected chi connectivity index (χ2v) is 10.8. The van der Waals surface area contributed by atoms with Crippen LogP contribution < -0.4 is 10.2 Å². The van der Waals surface area contributed by atoms with E-state index in [1.54, 1.807) is 17.3 Å². The van der Waals surface area contributed by atoms with Gasteiger partial charge in [-0.25, -0.2) is 0 Å². The molecule has 2 saturated heterocycles. The molecule has 0 spiro atoms. The summed E-state index contributed by atoms with van der Waals surface area (Å²) < 4.78 is 0. The van der Waals surface area contributed by atoms with Crippen LogP contribution in [0, 0.1) is 5.92 Å². The minimum absolute atomic E-state index is 0.0382. The number of rotatable bonds is 4. The second kappa shape index (κ2) is 11.0. The molecule has 0 bridgehead atoms. The van der Waals surface area contributed by atoms with Gasteiger partial charge < -0.3 is 24.9 Å². The van der Waals surface area contributed by atoms with Crippen LogP contribution in [-0.2, 0) is 14.4 Å². The van der Waals surface area contributed by atoms with Crippen LogP contribution in [0.5, 0.6) is 0 Å². The molecule has 206 valence electrons. The molecule has 2 aliphatic heterocycles. The molecule has 4 heterocycles. The zero-order valence-electron chi connectivity index (χ0n) is 22.9. The number of nitrogens with one attached hydrogen (secondary N) is 2. The Morgan fingerprint density at radius 1 is 1.03 bits per heavy atom. The Balaban J connectivity index is 1.43. The van der Waals surface area contributed by atoms with Gasteiger partial charge in [0.25, 0.3) is 0 Å². The summed E-state index contributed by atoms with van der Waals surface area (Å²) in [4.78, 5) is 52.3. The highest BCUT2D eigenvalue weighted by Crippen LogP contribution is 2.32. The van der Waals surface area contributed by atoms with Crippen LogP contribution in [-0.4, -0.2) is 100.0 Å². The smallest absolute Gasteiger partial charge is 0.314 e. The molecule has 2 atom stereocenters. The molecule has 1 aromatic carbocycles. The molecule has 3 amide bonds. The van der Waals surface area contributed by atoms with Crippen LogP contribution in [0.4, 0.5) is 11.4 Å². The molecule has 11 nitrogen and oxygen atoms in total. The summed E-state index contributed by atoms with van der Waals surface area (Å²) in [7, 11) is 2.12. The van der Waals surface area contributed by atoms with E-state index in [2.05, 4.69) is 49.5 Å². The molecular formula is C28H36N8O3. The molecule has 2 fully saturated rings. The van der Waals surface area contributed by atoms with Crippen LogP contribution >= 0.6 is 0 Å². The van der Waals surface area contributed by atoms with E-state index in [4.69, 9.17) is 0 Å². The van der Waals surface area contributed by atoms with Crippen molar-refractivity contribution in [1.82, 2.24) is 29.9 Å². The number of hydrogen-bond acceptors (Lipinski definition) is 7. The molecule has 0 saturated carbocycles. The van der Waals surface area contributed by atoms with Crippen molar-refractivity contribution in [3.8, 4) is 0 Å². The summed E-state index contributed by atoms with van der Waals surface area (Å²) in [6.45, 7) is 10.0. The van der Waals surface area contributed by atoms with Gasteiger partial charge in [-0.1, -0.05) is 26.0 Å². The lowest BCUT2D eigenvalue weighted by atomic mass is 9.97. The number of aromatic nitrogens is 3. The predicted octanol–water partition coefficient (Wildman–Crippen LogP) is 2.10. The van der Waals surface area contributed by atoms with Crippen molar-refractivity contribution in [3.63, 3.8) is 0 Å². The van der Waals surface area contributed by atoms with Crippen molar-refractivity contribution < 1.29 is 14.4 Å². The molecular weight excluding hydrogens is 496 g/mol. The Morgan fingerprint density at radius 3 is 2.54 bits per heavy atom. The number of aromatic amines is 1. The van der Waals surface area contributed by atoms with Gasteiger partial charge in [0, 0.05) is 68.5 Å². The van der Waals surface area contributed by atoms with Crippen LogP contribution in [0.1, 0.15) is 32.4 Å². The SMILES string of the molecule is CC(C)C(=O)N1C[C@H](c2cccc(N3CCN(C)CC3)c2)N(C(=O)C(=O)Nc2cncc3cn[nH]c23)C[C@H]1C. The molecule has 2 aliphatic rings. The zero-order chi connectivity index (χ0) is 27.7. The minimum atomic E-state index is -0.755. The summed E-state index contributed by atoms with van der Waals surface area (Å²) >= 11 is 0. The van der Waals surface area contributed by atoms with Gasteiger partial charge in [-0.3, -0.25) is 24.5 Å². The average Bonchev–Trinajstić information content (AvgIpc) is 3.42. The number of anilines is 2. The molecule has 0 radical (unpaired) electrons. The van der Waals surface area contributed by atoms with Gasteiger partial charge >= 0.3 is 11.8 Å². The van der Waals surface area contributed by atoms with E-state index in [9.17, 15) is 14.4 Å². The highest BCUT2D eigenvalue weighted by atomic mass is 16.2. The van der Waals surface area contributed by atoms with Crippen LogP contribution in [0.2, 0.25) is 0 Å². The third-order valence-corrected chi connectivity index (χ3v) is 7.70. The maximum Gasteiger partial charge on any atom is 0.314 e.